The van der Waals surface area contributed by atoms with Crippen LogP contribution in [-0.4, -0.2) is 52.6 Å². The molecule has 202 valence electrons. The van der Waals surface area contributed by atoms with Crippen LogP contribution < -0.4 is 10.2 Å². The third kappa shape index (κ3) is 6.71. The molecule has 3 aromatic rings. The summed E-state index contributed by atoms with van der Waals surface area (Å²) in [5.74, 6) is -0.646. The van der Waals surface area contributed by atoms with E-state index in [1.54, 1.807) is 6.07 Å². The number of hydrogen-bond acceptors (Lipinski definition) is 11. The van der Waals surface area contributed by atoms with Crippen molar-refractivity contribution >= 4 is 44.5 Å². The van der Waals surface area contributed by atoms with Crippen molar-refractivity contribution in [3.05, 3.63) is 85.4 Å². The molecule has 1 saturated heterocycles. The fraction of sp³-hybridized carbons (Fsp3) is 0.273. The van der Waals surface area contributed by atoms with Crippen molar-refractivity contribution in [3.63, 3.8) is 0 Å². The first kappa shape index (κ1) is 27.6. The minimum Gasteiger partial charge on any atom is -0.362 e. The number of nitro groups is 2. The van der Waals surface area contributed by atoms with E-state index >= 15 is 0 Å². The lowest BCUT2D eigenvalue weighted by molar-refractivity contribution is -0.384. The molecule has 1 fully saturated rings. The predicted molar refractivity (Wildman–Crippen MR) is 139 cm³/mol. The monoisotopic (exact) mass is 573 g/mol. The average molecular weight is 574 g/mol. The molecule has 0 spiro atoms. The van der Waals surface area contributed by atoms with Crippen molar-refractivity contribution in [3.8, 4) is 0 Å². The van der Waals surface area contributed by atoms with Gasteiger partial charge in [0.15, 0.2) is 6.54 Å². The minimum atomic E-state index is -3.75. The number of nitrogens with zero attached hydrogens (tertiary/aromatic N) is 7. The number of aromatic nitrogens is 1. The second kappa shape index (κ2) is 12.0. The molecular formula is C22H21N8O7S2+. The van der Waals surface area contributed by atoms with Gasteiger partial charge in [-0.15, -0.1) is 11.3 Å². The van der Waals surface area contributed by atoms with Gasteiger partial charge in [0.2, 0.25) is 15.8 Å². The van der Waals surface area contributed by atoms with Crippen molar-refractivity contribution in [2.75, 3.05) is 18.4 Å². The van der Waals surface area contributed by atoms with E-state index in [1.807, 2.05) is 0 Å². The van der Waals surface area contributed by atoms with Gasteiger partial charge in [0, 0.05) is 48.4 Å². The maximum absolute atomic E-state index is 13.1. The number of carbonyl (C=O) groups excluding carboxylic acids is 1. The number of nitrogens with one attached hydrogen (secondary N) is 1. The number of hydrogen-bond donors (Lipinski definition) is 1. The molecule has 15 nitrogen and oxygen atoms in total. The van der Waals surface area contributed by atoms with Crippen LogP contribution in [0.2, 0.25) is 0 Å². The van der Waals surface area contributed by atoms with E-state index in [1.165, 1.54) is 46.9 Å². The van der Waals surface area contributed by atoms with E-state index in [4.69, 9.17) is 0 Å². The van der Waals surface area contributed by atoms with Crippen LogP contribution in [0.1, 0.15) is 28.1 Å². The van der Waals surface area contributed by atoms with Crippen LogP contribution in [0.15, 0.2) is 69.2 Å². The summed E-state index contributed by atoms with van der Waals surface area (Å²) < 4.78 is 27.7. The molecule has 2 aromatic heterocycles. The van der Waals surface area contributed by atoms with Gasteiger partial charge in [-0.25, -0.2) is 13.4 Å². The van der Waals surface area contributed by atoms with Gasteiger partial charge in [-0.05, 0) is 37.1 Å². The molecule has 0 aliphatic carbocycles. The summed E-state index contributed by atoms with van der Waals surface area (Å²) in [6.07, 6.45) is 2.34. The van der Waals surface area contributed by atoms with Crippen LogP contribution in [0.3, 0.4) is 0 Å². The summed E-state index contributed by atoms with van der Waals surface area (Å²) in [5.41, 5.74) is -0.403. The summed E-state index contributed by atoms with van der Waals surface area (Å²) in [5, 5.41) is 32.3. The number of carbonyl (C=O) groups is 1. The largest absolute Gasteiger partial charge is 0.362 e. The molecule has 0 radical (unpaired) electrons. The molecule has 1 aliphatic rings. The van der Waals surface area contributed by atoms with Gasteiger partial charge in [0.05, 0.1) is 15.4 Å². The molecule has 17 heteroatoms. The zero-order valence-electron chi connectivity index (χ0n) is 20.1. The first-order valence-corrected chi connectivity index (χ1v) is 13.7. The molecule has 4 rings (SSSR count). The molecule has 1 aliphatic heterocycles. The lowest BCUT2D eigenvalue weighted by Gasteiger charge is -2.31. The van der Waals surface area contributed by atoms with Gasteiger partial charge in [-0.2, -0.15) is 4.31 Å². The highest BCUT2D eigenvalue weighted by molar-refractivity contribution is 7.91. The van der Waals surface area contributed by atoms with E-state index in [0.29, 0.717) is 17.7 Å². The van der Waals surface area contributed by atoms with Crippen LogP contribution in [-0.2, 0) is 16.6 Å². The Morgan fingerprint density at radius 2 is 1.90 bits per heavy atom. The molecule has 39 heavy (non-hydrogen) atoms. The smallest absolute Gasteiger partial charge is 0.360 e. The highest BCUT2D eigenvalue weighted by Crippen LogP contribution is 2.29. The van der Waals surface area contributed by atoms with Crippen molar-refractivity contribution in [2.24, 2.45) is 10.2 Å². The predicted octanol–water partition coefficient (Wildman–Crippen LogP) is 3.54. The van der Waals surface area contributed by atoms with Gasteiger partial charge in [0.1, 0.15) is 9.32 Å². The van der Waals surface area contributed by atoms with Crippen LogP contribution >= 0.6 is 11.3 Å². The molecule has 0 saturated carbocycles. The van der Waals surface area contributed by atoms with Crippen molar-refractivity contribution in [1.29, 1.82) is 0 Å². The van der Waals surface area contributed by atoms with Crippen LogP contribution in [0.4, 0.5) is 17.2 Å². The highest BCUT2D eigenvalue weighted by atomic mass is 32.2. The third-order valence-electron chi connectivity index (χ3n) is 5.74. The molecule has 1 aromatic carbocycles. The summed E-state index contributed by atoms with van der Waals surface area (Å²) >= 11 is 1.02. The van der Waals surface area contributed by atoms with Gasteiger partial charge in [0.25, 0.3) is 15.7 Å². The zero-order chi connectivity index (χ0) is 28.0. The lowest BCUT2D eigenvalue weighted by Crippen LogP contribution is -2.42. The standard InChI is InChI=1S/C22H21N8O7S2/c31-22(15-3-1-4-17(13-15)29(32)33)26-27-24-14-18-6-7-20(38-18)39(36,37)28-11-8-16(9-12-28)25-21-19(30(34)35)5-2-10-23-21/h1-7,10,13,16H,8-9,11-12,14H2,(H,23,25)/q+1. The molecule has 0 atom stereocenters. The van der Waals surface area contributed by atoms with Gasteiger partial charge in [-0.1, -0.05) is 6.07 Å². The number of piperidine rings is 1. The van der Waals surface area contributed by atoms with Crippen molar-refractivity contribution < 1.29 is 23.1 Å². The Morgan fingerprint density at radius 1 is 1.13 bits per heavy atom. The number of rotatable bonds is 9. The van der Waals surface area contributed by atoms with E-state index in [9.17, 15) is 33.4 Å². The number of nitro benzene ring substituents is 1. The molecule has 0 unspecified atom stereocenters. The Hall–Kier alpha value is -4.44. The summed E-state index contributed by atoms with van der Waals surface area (Å²) in [6, 6.07) is 10.8. The Kier molecular flexibility index (Phi) is 8.46. The Morgan fingerprint density at radius 3 is 2.62 bits per heavy atom. The Bertz CT molecular complexity index is 1580. The molecule has 1 N–H and O–H groups in total. The van der Waals surface area contributed by atoms with E-state index in [-0.39, 0.29) is 52.6 Å². The van der Waals surface area contributed by atoms with Crippen LogP contribution in [0.5, 0.6) is 0 Å². The lowest BCUT2D eigenvalue weighted by atomic mass is 10.1. The van der Waals surface area contributed by atoms with Crippen molar-refractivity contribution in [1.82, 2.24) is 14.2 Å². The first-order chi connectivity index (χ1) is 18.6. The second-order valence-corrected chi connectivity index (χ2v) is 11.6. The van der Waals surface area contributed by atoms with E-state index < -0.39 is 25.8 Å². The topological polar surface area (TPSA) is 204 Å². The maximum atomic E-state index is 13.1. The third-order valence-corrected chi connectivity index (χ3v) is 9.17. The SMILES string of the molecule is O=C(N=[N+]=NCc1ccc(S(=O)(=O)N2CCC(Nc3ncccc3[N+](=O)[O-])CC2)s1)c1cccc([N+](=O)[O-])c1. The fourth-order valence-corrected chi connectivity index (χ4v) is 6.68. The zero-order valence-corrected chi connectivity index (χ0v) is 21.7. The summed E-state index contributed by atoms with van der Waals surface area (Å²) in [4.78, 5) is 41.0. The van der Waals surface area contributed by atoms with Gasteiger partial charge in [-0.3, -0.25) is 25.0 Å². The maximum Gasteiger partial charge on any atom is 0.360 e. The number of non-ortho nitro benzene ring substituents is 1. The summed E-state index contributed by atoms with van der Waals surface area (Å²) in [6.45, 7) is 0.444. The number of sulfonamides is 1. The highest BCUT2D eigenvalue weighted by Gasteiger charge is 2.31. The van der Waals surface area contributed by atoms with Crippen molar-refractivity contribution in [2.45, 2.75) is 29.6 Å². The molecule has 3 heterocycles. The minimum absolute atomic E-state index is 0.00937. The van der Waals surface area contributed by atoms with Crippen LogP contribution in [0, 0.1) is 20.2 Å². The van der Waals surface area contributed by atoms with E-state index in [0.717, 1.165) is 17.4 Å². The van der Waals surface area contributed by atoms with Gasteiger partial charge >= 0.3 is 11.6 Å². The fourth-order valence-electron chi connectivity index (χ4n) is 3.78. The molecular weight excluding hydrogens is 552 g/mol. The van der Waals surface area contributed by atoms with Gasteiger partial charge < -0.3 is 5.32 Å². The molecule has 0 bridgehead atoms. The van der Waals surface area contributed by atoms with Crippen LogP contribution in [0.25, 0.3) is 0 Å². The molecule has 1 amide bonds. The second-order valence-electron chi connectivity index (χ2n) is 8.27. The summed E-state index contributed by atoms with van der Waals surface area (Å²) in [7, 11) is -3.75. The van der Waals surface area contributed by atoms with E-state index in [2.05, 4.69) is 25.4 Å². The number of amides is 1. The Balaban J connectivity index is 1.33. The number of anilines is 1. The average Bonchev–Trinajstić information content (AvgIpc) is 3.41. The quantitative estimate of drug-likeness (QED) is 0.172. The number of pyridine rings is 1. The first-order valence-electron chi connectivity index (χ1n) is 11.5. The Labute approximate surface area is 225 Å². The normalized spacial score (nSPS) is 14.3. The number of thiophene rings is 1. The number of benzene rings is 1.